The molecule has 1 fully saturated rings. The number of anilines is 1. The van der Waals surface area contributed by atoms with E-state index >= 15 is 0 Å². The molecule has 3 rings (SSSR count). The Morgan fingerprint density at radius 3 is 1.88 bits per heavy atom. The minimum absolute atomic E-state index is 0.0423. The predicted octanol–water partition coefficient (Wildman–Crippen LogP) is 6.67. The van der Waals surface area contributed by atoms with Crippen LogP contribution >= 0.6 is 0 Å². The summed E-state index contributed by atoms with van der Waals surface area (Å²) in [5, 5.41) is 17.0. The van der Waals surface area contributed by atoms with Gasteiger partial charge in [-0.15, -0.1) is 0 Å². The molecule has 0 radical (unpaired) electrons. The summed E-state index contributed by atoms with van der Waals surface area (Å²) in [5.74, 6) is -1.37. The van der Waals surface area contributed by atoms with Crippen LogP contribution < -0.4 is 4.90 Å². The molecule has 1 saturated heterocycles. The molecule has 1 atom stereocenters. The second-order valence-corrected chi connectivity index (χ2v) is 7.18. The van der Waals surface area contributed by atoms with E-state index in [2.05, 4.69) is 0 Å². The van der Waals surface area contributed by atoms with Crippen molar-refractivity contribution in [3.8, 4) is 12.1 Å². The van der Waals surface area contributed by atoms with Crippen LogP contribution in [0.4, 0.5) is 36.4 Å². The third-order valence-electron chi connectivity index (χ3n) is 4.94. The Hall–Kier alpha value is -3.27. The lowest BCUT2D eigenvalue weighted by molar-refractivity contribution is -0.140. The Kier molecular flexibility index (Phi) is 7.73. The van der Waals surface area contributed by atoms with Crippen molar-refractivity contribution in [2.75, 3.05) is 11.4 Å². The van der Waals surface area contributed by atoms with E-state index in [1.54, 1.807) is 11.0 Å². The molecular formula is C22H18F7N3. The average molecular weight is 457 g/mol. The normalized spacial score (nSPS) is 16.4. The maximum atomic E-state index is 13.1. The highest BCUT2D eigenvalue weighted by atomic mass is 19.4. The molecule has 2 aromatic rings. The van der Waals surface area contributed by atoms with E-state index in [0.717, 1.165) is 31.4 Å². The first-order valence-corrected chi connectivity index (χ1v) is 9.53. The Morgan fingerprint density at radius 1 is 0.844 bits per heavy atom. The minimum Gasteiger partial charge on any atom is -0.368 e. The van der Waals surface area contributed by atoms with Gasteiger partial charge in [0.2, 0.25) is 0 Å². The zero-order valence-electron chi connectivity index (χ0n) is 16.9. The van der Waals surface area contributed by atoms with Crippen molar-refractivity contribution >= 4 is 5.69 Å². The fourth-order valence-corrected chi connectivity index (χ4v) is 3.35. The first-order chi connectivity index (χ1) is 14.9. The topological polar surface area (TPSA) is 50.8 Å². The largest absolute Gasteiger partial charge is 0.419 e. The molecule has 3 nitrogen and oxygen atoms in total. The van der Waals surface area contributed by atoms with Crippen LogP contribution in [0.2, 0.25) is 0 Å². The number of rotatable bonds is 1. The second kappa shape index (κ2) is 9.90. The summed E-state index contributed by atoms with van der Waals surface area (Å²) in [6, 6.07) is 9.27. The summed E-state index contributed by atoms with van der Waals surface area (Å²) in [6.07, 6.45) is -6.33. The SMILES string of the molecule is CC1CCCCN1c1ccc(C#N)cc1C(F)(F)F.N#Cc1ccc(F)c(C(F)(F)F)c1. The van der Waals surface area contributed by atoms with Gasteiger partial charge in [0.25, 0.3) is 0 Å². The van der Waals surface area contributed by atoms with Gasteiger partial charge >= 0.3 is 12.4 Å². The van der Waals surface area contributed by atoms with Crippen molar-refractivity contribution in [2.45, 2.75) is 44.6 Å². The summed E-state index contributed by atoms with van der Waals surface area (Å²) < 4.78 is 88.0. The summed E-state index contributed by atoms with van der Waals surface area (Å²) in [5.41, 5.74) is -2.10. The van der Waals surface area contributed by atoms with Gasteiger partial charge in [-0.3, -0.25) is 0 Å². The van der Waals surface area contributed by atoms with Gasteiger partial charge in [-0.1, -0.05) is 0 Å². The van der Waals surface area contributed by atoms with Crippen molar-refractivity contribution < 1.29 is 30.7 Å². The van der Waals surface area contributed by atoms with Gasteiger partial charge in [-0.25, -0.2) is 4.39 Å². The Bertz CT molecular complexity index is 1030. The molecular weight excluding hydrogens is 439 g/mol. The highest BCUT2D eigenvalue weighted by Gasteiger charge is 2.36. The van der Waals surface area contributed by atoms with Crippen molar-refractivity contribution in [1.82, 2.24) is 0 Å². The van der Waals surface area contributed by atoms with Crippen molar-refractivity contribution in [2.24, 2.45) is 0 Å². The quantitative estimate of drug-likeness (QED) is 0.450. The maximum Gasteiger partial charge on any atom is 0.419 e. The standard InChI is InChI=1S/C14H15F3N2.C8H3F4N/c1-10-4-2-3-7-19(10)13-6-5-11(9-18)8-12(13)14(15,16)17;9-7-2-1-5(4-13)3-6(7)8(10,11)12/h5-6,8,10H,2-4,7H2,1H3;1-3H. The smallest absolute Gasteiger partial charge is 0.368 e. The lowest BCUT2D eigenvalue weighted by Crippen LogP contribution is -2.38. The fraction of sp³-hybridized carbons (Fsp3) is 0.364. The number of halogens is 7. The van der Waals surface area contributed by atoms with E-state index in [0.29, 0.717) is 18.7 Å². The van der Waals surface area contributed by atoms with Crippen LogP contribution in [0.15, 0.2) is 36.4 Å². The first kappa shape index (κ1) is 25.0. The molecule has 2 aromatic carbocycles. The molecule has 0 N–H and O–H groups in total. The molecule has 10 heteroatoms. The van der Waals surface area contributed by atoms with Gasteiger partial charge < -0.3 is 4.90 Å². The van der Waals surface area contributed by atoms with Crippen LogP contribution in [0, 0.1) is 28.5 Å². The molecule has 0 saturated carbocycles. The molecule has 32 heavy (non-hydrogen) atoms. The van der Waals surface area contributed by atoms with Crippen molar-refractivity contribution in [1.29, 1.82) is 10.5 Å². The highest BCUT2D eigenvalue weighted by Crippen LogP contribution is 2.39. The fourth-order valence-electron chi connectivity index (χ4n) is 3.35. The molecule has 1 heterocycles. The summed E-state index contributed by atoms with van der Waals surface area (Å²) >= 11 is 0. The number of piperidine rings is 1. The Morgan fingerprint density at radius 2 is 1.38 bits per heavy atom. The monoisotopic (exact) mass is 457 g/mol. The number of nitriles is 2. The Labute approximate surface area is 180 Å². The van der Waals surface area contributed by atoms with Crippen LogP contribution in [0.3, 0.4) is 0 Å². The molecule has 0 aliphatic carbocycles. The lowest BCUT2D eigenvalue weighted by atomic mass is 10.00. The van der Waals surface area contributed by atoms with E-state index in [-0.39, 0.29) is 22.9 Å². The first-order valence-electron chi connectivity index (χ1n) is 9.53. The number of nitrogens with zero attached hydrogens (tertiary/aromatic N) is 3. The van der Waals surface area contributed by atoms with Crippen LogP contribution in [-0.4, -0.2) is 12.6 Å². The Balaban J connectivity index is 0.000000244. The predicted molar refractivity (Wildman–Crippen MR) is 103 cm³/mol. The van der Waals surface area contributed by atoms with Crippen molar-refractivity contribution in [3.63, 3.8) is 0 Å². The zero-order chi connectivity index (χ0) is 24.1. The highest BCUT2D eigenvalue weighted by molar-refractivity contribution is 5.58. The van der Waals surface area contributed by atoms with Gasteiger partial charge in [0.15, 0.2) is 0 Å². The molecule has 170 valence electrons. The number of hydrogen-bond acceptors (Lipinski definition) is 3. The third-order valence-corrected chi connectivity index (χ3v) is 4.94. The maximum absolute atomic E-state index is 13.1. The van der Waals surface area contributed by atoms with Crippen LogP contribution in [0.1, 0.15) is 48.4 Å². The van der Waals surface area contributed by atoms with Gasteiger partial charge in [0, 0.05) is 18.3 Å². The van der Waals surface area contributed by atoms with E-state index in [4.69, 9.17) is 10.5 Å². The van der Waals surface area contributed by atoms with Crippen LogP contribution in [0.25, 0.3) is 0 Å². The van der Waals surface area contributed by atoms with E-state index in [1.165, 1.54) is 18.2 Å². The van der Waals surface area contributed by atoms with Gasteiger partial charge in [-0.2, -0.15) is 36.9 Å². The van der Waals surface area contributed by atoms with Crippen molar-refractivity contribution in [3.05, 3.63) is 64.5 Å². The molecule has 0 aromatic heterocycles. The van der Waals surface area contributed by atoms with Gasteiger partial charge in [0.1, 0.15) is 5.82 Å². The van der Waals surface area contributed by atoms with E-state index in [9.17, 15) is 30.7 Å². The molecule has 0 bridgehead atoms. The summed E-state index contributed by atoms with van der Waals surface area (Å²) in [7, 11) is 0. The molecule has 0 amide bonds. The zero-order valence-corrected chi connectivity index (χ0v) is 16.9. The van der Waals surface area contributed by atoms with Crippen LogP contribution in [0.5, 0.6) is 0 Å². The third kappa shape index (κ3) is 6.13. The number of benzene rings is 2. The molecule has 0 spiro atoms. The summed E-state index contributed by atoms with van der Waals surface area (Å²) in [4.78, 5) is 1.80. The average Bonchev–Trinajstić information content (AvgIpc) is 2.73. The van der Waals surface area contributed by atoms with Crippen LogP contribution in [-0.2, 0) is 12.4 Å². The summed E-state index contributed by atoms with van der Waals surface area (Å²) in [6.45, 7) is 2.58. The van der Waals surface area contributed by atoms with Gasteiger partial charge in [0.05, 0.1) is 34.4 Å². The van der Waals surface area contributed by atoms with E-state index in [1.807, 2.05) is 6.92 Å². The molecule has 1 aliphatic rings. The molecule has 1 aliphatic heterocycles. The number of hydrogen-bond donors (Lipinski definition) is 0. The lowest BCUT2D eigenvalue weighted by Gasteiger charge is -2.37. The van der Waals surface area contributed by atoms with E-state index < -0.39 is 29.3 Å². The second-order valence-electron chi connectivity index (χ2n) is 7.18. The number of alkyl halides is 6. The van der Waals surface area contributed by atoms with Gasteiger partial charge in [-0.05, 0) is 62.6 Å². The molecule has 1 unspecified atom stereocenters. The minimum atomic E-state index is -4.75.